The van der Waals surface area contributed by atoms with Gasteiger partial charge in [0.25, 0.3) is 0 Å². The first-order valence-electron chi connectivity index (χ1n) is 8.27. The highest BCUT2D eigenvalue weighted by Gasteiger charge is 2.49. The molecule has 0 radical (unpaired) electrons. The number of hydrogen-bond donors (Lipinski definition) is 0. The van der Waals surface area contributed by atoms with Crippen molar-refractivity contribution < 1.29 is 4.79 Å². The average Bonchev–Trinajstić information content (AvgIpc) is 2.42. The van der Waals surface area contributed by atoms with E-state index in [0.29, 0.717) is 11.7 Å². The van der Waals surface area contributed by atoms with Gasteiger partial charge in [-0.2, -0.15) is 0 Å². The summed E-state index contributed by atoms with van der Waals surface area (Å²) in [5.74, 6) is 1.31. The fraction of sp³-hybridized carbons (Fsp3) is 0.833. The summed E-state index contributed by atoms with van der Waals surface area (Å²) >= 11 is 0. The summed E-state index contributed by atoms with van der Waals surface area (Å²) < 4.78 is 0. The molecular formula is C18H32O. The molecule has 0 amide bonds. The molecule has 0 fully saturated rings. The van der Waals surface area contributed by atoms with Crippen molar-refractivity contribution in [2.45, 2.75) is 80.1 Å². The molecule has 110 valence electrons. The standard InChI is InChI=1S/C18H32O/c1-7-12-18(11-5)15(9-3)14(8-2)13(6)17(19)16(18)10-4/h15-16H,7-12H2,1-6H3. The first-order chi connectivity index (χ1) is 9.03. The lowest BCUT2D eigenvalue weighted by molar-refractivity contribution is -0.127. The van der Waals surface area contributed by atoms with Crippen LogP contribution in [0.3, 0.4) is 0 Å². The van der Waals surface area contributed by atoms with Crippen LogP contribution < -0.4 is 0 Å². The number of hydrogen-bond acceptors (Lipinski definition) is 1. The van der Waals surface area contributed by atoms with Crippen molar-refractivity contribution in [3.63, 3.8) is 0 Å². The maximum atomic E-state index is 12.8. The summed E-state index contributed by atoms with van der Waals surface area (Å²) in [4.78, 5) is 12.8. The molecule has 0 N–H and O–H groups in total. The Balaban J connectivity index is 3.43. The molecular weight excluding hydrogens is 232 g/mol. The predicted molar refractivity (Wildman–Crippen MR) is 83.2 cm³/mol. The Morgan fingerprint density at radius 2 is 1.58 bits per heavy atom. The monoisotopic (exact) mass is 264 g/mol. The number of allylic oxidation sites excluding steroid dienone is 2. The molecule has 3 unspecified atom stereocenters. The molecule has 3 atom stereocenters. The van der Waals surface area contributed by atoms with E-state index >= 15 is 0 Å². The molecule has 0 bridgehead atoms. The Labute approximate surface area is 119 Å². The smallest absolute Gasteiger partial charge is 0.162 e. The maximum absolute atomic E-state index is 12.8. The van der Waals surface area contributed by atoms with Crippen LogP contribution in [0.2, 0.25) is 0 Å². The van der Waals surface area contributed by atoms with E-state index in [0.717, 1.165) is 24.8 Å². The number of carbonyl (C=O) groups is 1. The Morgan fingerprint density at radius 3 is 1.95 bits per heavy atom. The highest BCUT2D eigenvalue weighted by molar-refractivity contribution is 5.99. The predicted octanol–water partition coefficient (Wildman–Crippen LogP) is 5.54. The Hall–Kier alpha value is -0.590. The van der Waals surface area contributed by atoms with Gasteiger partial charge in [-0.05, 0) is 55.9 Å². The third-order valence-electron chi connectivity index (χ3n) is 5.55. The first kappa shape index (κ1) is 16.5. The lowest BCUT2D eigenvalue weighted by atomic mass is 9.53. The molecule has 0 spiro atoms. The second kappa shape index (κ2) is 6.72. The zero-order valence-electron chi connectivity index (χ0n) is 13.8. The minimum absolute atomic E-state index is 0.222. The zero-order chi connectivity index (χ0) is 14.6. The molecule has 0 aromatic heterocycles. The van der Waals surface area contributed by atoms with Gasteiger partial charge in [0.05, 0.1) is 0 Å². The van der Waals surface area contributed by atoms with Crippen molar-refractivity contribution in [3.8, 4) is 0 Å². The summed E-state index contributed by atoms with van der Waals surface area (Å²) in [6.07, 6.45) is 6.74. The first-order valence-corrected chi connectivity index (χ1v) is 8.27. The molecule has 1 aliphatic carbocycles. The molecule has 0 heterocycles. The van der Waals surface area contributed by atoms with Gasteiger partial charge in [0.2, 0.25) is 0 Å². The highest BCUT2D eigenvalue weighted by Crippen LogP contribution is 2.54. The van der Waals surface area contributed by atoms with Crippen molar-refractivity contribution in [2.24, 2.45) is 17.3 Å². The van der Waals surface area contributed by atoms with Crippen LogP contribution in [0.15, 0.2) is 11.1 Å². The molecule has 1 rings (SSSR count). The fourth-order valence-corrected chi connectivity index (χ4v) is 4.77. The van der Waals surface area contributed by atoms with Gasteiger partial charge in [0, 0.05) is 5.92 Å². The lowest BCUT2D eigenvalue weighted by Crippen LogP contribution is -2.46. The van der Waals surface area contributed by atoms with Gasteiger partial charge in [-0.15, -0.1) is 0 Å². The molecule has 0 aliphatic heterocycles. The van der Waals surface area contributed by atoms with Gasteiger partial charge in [-0.25, -0.2) is 0 Å². The van der Waals surface area contributed by atoms with Crippen LogP contribution in [0.5, 0.6) is 0 Å². The number of carbonyl (C=O) groups excluding carboxylic acids is 1. The fourth-order valence-electron chi connectivity index (χ4n) is 4.77. The molecule has 0 aromatic rings. The number of Topliss-reactive ketones (excluding diaryl/α,β-unsaturated/α-hetero) is 1. The van der Waals surface area contributed by atoms with E-state index in [4.69, 9.17) is 0 Å². The summed E-state index contributed by atoms with van der Waals surface area (Å²) in [5, 5.41) is 0. The maximum Gasteiger partial charge on any atom is 0.162 e. The summed E-state index contributed by atoms with van der Waals surface area (Å²) in [6, 6.07) is 0. The normalized spacial score (nSPS) is 32.0. The molecule has 19 heavy (non-hydrogen) atoms. The molecule has 1 aliphatic rings. The lowest BCUT2D eigenvalue weighted by Gasteiger charge is -2.50. The minimum Gasteiger partial charge on any atom is -0.294 e. The van der Waals surface area contributed by atoms with Crippen molar-refractivity contribution in [1.29, 1.82) is 0 Å². The SMILES string of the molecule is CCCC1(CC)C(CC)C(=O)C(C)=C(CC)C1CC. The molecule has 0 saturated carbocycles. The van der Waals surface area contributed by atoms with Crippen molar-refractivity contribution in [1.82, 2.24) is 0 Å². The van der Waals surface area contributed by atoms with Crippen LogP contribution in [0, 0.1) is 17.3 Å². The highest BCUT2D eigenvalue weighted by atomic mass is 16.1. The van der Waals surface area contributed by atoms with Crippen LogP contribution >= 0.6 is 0 Å². The van der Waals surface area contributed by atoms with Gasteiger partial charge in [0.15, 0.2) is 5.78 Å². The Kier molecular flexibility index (Phi) is 5.82. The second-order valence-corrected chi connectivity index (χ2v) is 6.13. The molecule has 1 heteroatoms. The molecule has 1 nitrogen and oxygen atoms in total. The van der Waals surface area contributed by atoms with E-state index in [1.54, 1.807) is 0 Å². The third kappa shape index (κ3) is 2.53. The van der Waals surface area contributed by atoms with Gasteiger partial charge in [-0.3, -0.25) is 4.79 Å². The average molecular weight is 264 g/mol. The quantitative estimate of drug-likeness (QED) is 0.615. The van der Waals surface area contributed by atoms with E-state index in [9.17, 15) is 4.79 Å². The Bertz CT molecular complexity index is 353. The number of ketones is 1. The third-order valence-corrected chi connectivity index (χ3v) is 5.55. The van der Waals surface area contributed by atoms with Crippen molar-refractivity contribution in [2.75, 3.05) is 0 Å². The van der Waals surface area contributed by atoms with E-state index in [1.165, 1.54) is 24.8 Å². The summed E-state index contributed by atoms with van der Waals surface area (Å²) in [7, 11) is 0. The van der Waals surface area contributed by atoms with Crippen molar-refractivity contribution in [3.05, 3.63) is 11.1 Å². The van der Waals surface area contributed by atoms with Gasteiger partial charge >= 0.3 is 0 Å². The van der Waals surface area contributed by atoms with Crippen LogP contribution in [0.4, 0.5) is 0 Å². The zero-order valence-corrected chi connectivity index (χ0v) is 13.8. The molecule has 0 aromatic carbocycles. The van der Waals surface area contributed by atoms with Crippen LogP contribution in [0.25, 0.3) is 0 Å². The largest absolute Gasteiger partial charge is 0.294 e. The van der Waals surface area contributed by atoms with Gasteiger partial charge in [-0.1, -0.05) is 46.6 Å². The Morgan fingerprint density at radius 1 is 1.00 bits per heavy atom. The van der Waals surface area contributed by atoms with Gasteiger partial charge in [0.1, 0.15) is 0 Å². The van der Waals surface area contributed by atoms with Crippen LogP contribution in [-0.2, 0) is 4.79 Å². The number of rotatable bonds is 6. The van der Waals surface area contributed by atoms with Gasteiger partial charge < -0.3 is 0 Å². The van der Waals surface area contributed by atoms with Crippen LogP contribution in [-0.4, -0.2) is 5.78 Å². The van der Waals surface area contributed by atoms with E-state index in [2.05, 4.69) is 41.5 Å². The van der Waals surface area contributed by atoms with E-state index < -0.39 is 0 Å². The van der Waals surface area contributed by atoms with E-state index in [1.807, 2.05) is 0 Å². The van der Waals surface area contributed by atoms with Crippen molar-refractivity contribution >= 4 is 5.78 Å². The van der Waals surface area contributed by atoms with Crippen LogP contribution in [0.1, 0.15) is 80.1 Å². The second-order valence-electron chi connectivity index (χ2n) is 6.13. The topological polar surface area (TPSA) is 17.1 Å². The summed E-state index contributed by atoms with van der Waals surface area (Å²) in [6.45, 7) is 13.3. The minimum atomic E-state index is 0.222. The summed E-state index contributed by atoms with van der Waals surface area (Å²) in [5.41, 5.74) is 2.76. The van der Waals surface area contributed by atoms with E-state index in [-0.39, 0.29) is 11.3 Å². The molecule has 0 saturated heterocycles.